The first-order chi connectivity index (χ1) is 11.8. The van der Waals surface area contributed by atoms with Crippen LogP contribution >= 0.6 is 0 Å². The minimum absolute atomic E-state index is 0.110. The molecule has 0 aliphatic carbocycles. The van der Waals surface area contributed by atoms with Crippen molar-refractivity contribution in [3.05, 3.63) is 52.3 Å². The number of fused-ring (bicyclic) bond motifs is 1. The Morgan fingerprint density at radius 1 is 1.20 bits per heavy atom. The van der Waals surface area contributed by atoms with Crippen LogP contribution in [0.25, 0.3) is 11.0 Å². The second kappa shape index (κ2) is 6.88. The Labute approximate surface area is 149 Å². The van der Waals surface area contributed by atoms with Crippen molar-refractivity contribution in [2.75, 3.05) is 0 Å². The summed E-state index contributed by atoms with van der Waals surface area (Å²) in [6, 6.07) is 5.63. The van der Waals surface area contributed by atoms with Crippen LogP contribution in [-0.2, 0) is 27.8 Å². The van der Waals surface area contributed by atoms with Crippen LogP contribution < -0.4 is 0 Å². The Kier molecular flexibility index (Phi) is 4.81. The van der Waals surface area contributed by atoms with E-state index < -0.39 is 10.8 Å². The van der Waals surface area contributed by atoms with Crippen LogP contribution in [0.4, 0.5) is 0 Å². The molecule has 3 rings (SSSR count). The zero-order valence-electron chi connectivity index (χ0n) is 14.8. The lowest BCUT2D eigenvalue weighted by Crippen LogP contribution is -2.04. The zero-order valence-corrected chi connectivity index (χ0v) is 15.7. The number of hydrogen-bond acceptors (Lipinski definition) is 4. The number of carbonyl (C=O) groups is 1. The number of pyridine rings is 1. The highest BCUT2D eigenvalue weighted by Crippen LogP contribution is 2.20. The van der Waals surface area contributed by atoms with Gasteiger partial charge in [-0.1, -0.05) is 6.07 Å². The Morgan fingerprint density at radius 3 is 2.68 bits per heavy atom. The molecule has 3 aromatic rings. The van der Waals surface area contributed by atoms with Gasteiger partial charge in [0.15, 0.2) is 5.16 Å². The molecule has 0 aliphatic heterocycles. The number of ketones is 1. The number of imidazole rings is 1. The normalized spacial score (nSPS) is 12.5. The smallest absolute Gasteiger partial charge is 0.197 e. The number of hydrogen-bond donors (Lipinski definition) is 1. The summed E-state index contributed by atoms with van der Waals surface area (Å²) in [5, 5.41) is 0.439. The van der Waals surface area contributed by atoms with Gasteiger partial charge in [-0.05, 0) is 62.1 Å². The summed E-state index contributed by atoms with van der Waals surface area (Å²) in [6.07, 6.45) is 2.21. The van der Waals surface area contributed by atoms with Gasteiger partial charge in [-0.3, -0.25) is 14.0 Å². The van der Waals surface area contributed by atoms with Gasteiger partial charge in [-0.15, -0.1) is 0 Å². The Morgan fingerprint density at radius 2 is 1.96 bits per heavy atom. The molecule has 130 valence electrons. The van der Waals surface area contributed by atoms with E-state index in [0.717, 1.165) is 33.4 Å². The molecule has 0 fully saturated rings. The molecule has 0 aliphatic rings. The summed E-state index contributed by atoms with van der Waals surface area (Å²) < 4.78 is 12.7. The van der Waals surface area contributed by atoms with E-state index in [9.17, 15) is 9.00 Å². The number of Topliss-reactive ketones (excluding diaryl/α,β-unsaturated/α-hetero) is 1. The van der Waals surface area contributed by atoms with Crippen molar-refractivity contribution < 1.29 is 9.00 Å². The first-order valence-electron chi connectivity index (χ1n) is 8.13. The number of nitrogens with one attached hydrogen (secondary N) is 1. The summed E-state index contributed by atoms with van der Waals surface area (Å²) in [4.78, 5) is 23.3. The molecular weight excluding hydrogens is 334 g/mol. The molecule has 2 aromatic heterocycles. The zero-order chi connectivity index (χ0) is 18.1. The first-order valence-corrected chi connectivity index (χ1v) is 9.45. The fourth-order valence-electron chi connectivity index (χ4n) is 2.76. The van der Waals surface area contributed by atoms with Gasteiger partial charge < -0.3 is 4.98 Å². The van der Waals surface area contributed by atoms with E-state index in [0.29, 0.717) is 17.3 Å². The van der Waals surface area contributed by atoms with Gasteiger partial charge in [0, 0.05) is 12.6 Å². The number of carbonyl (C=O) groups excluding carboxylic acids is 1. The SMILES string of the molecule is CC(=O)Cc1ccc2nc(S(=O)Cc3ncc(C)c(C)c3C)[nH]c2c1. The molecule has 1 N–H and O–H groups in total. The molecule has 0 saturated carbocycles. The van der Waals surface area contributed by atoms with Crippen molar-refractivity contribution in [3.63, 3.8) is 0 Å². The predicted octanol–water partition coefficient (Wildman–Crippen LogP) is 3.32. The van der Waals surface area contributed by atoms with Crippen molar-refractivity contribution in [1.82, 2.24) is 15.0 Å². The van der Waals surface area contributed by atoms with Gasteiger partial charge in [0.2, 0.25) is 0 Å². The maximum absolute atomic E-state index is 12.7. The van der Waals surface area contributed by atoms with E-state index in [1.807, 2.05) is 38.2 Å². The largest absolute Gasteiger partial charge is 0.331 e. The molecule has 2 heterocycles. The average Bonchev–Trinajstić information content (AvgIpc) is 2.98. The molecule has 0 saturated heterocycles. The lowest BCUT2D eigenvalue weighted by Gasteiger charge is -2.09. The second-order valence-corrected chi connectivity index (χ2v) is 7.77. The highest BCUT2D eigenvalue weighted by Gasteiger charge is 2.14. The summed E-state index contributed by atoms with van der Waals surface area (Å²) >= 11 is 0. The minimum atomic E-state index is -1.31. The fourth-order valence-corrected chi connectivity index (χ4v) is 3.86. The predicted molar refractivity (Wildman–Crippen MR) is 99.0 cm³/mol. The van der Waals surface area contributed by atoms with Gasteiger partial charge >= 0.3 is 0 Å². The van der Waals surface area contributed by atoms with Gasteiger partial charge in [0.05, 0.1) is 33.3 Å². The lowest BCUT2D eigenvalue weighted by molar-refractivity contribution is -0.116. The first kappa shape index (κ1) is 17.5. The maximum atomic E-state index is 12.7. The average molecular weight is 355 g/mol. The molecule has 0 bridgehead atoms. The third kappa shape index (κ3) is 3.69. The molecule has 0 amide bonds. The topological polar surface area (TPSA) is 75.7 Å². The van der Waals surface area contributed by atoms with E-state index >= 15 is 0 Å². The standard InChI is InChI=1S/C19H21N3O2S/c1-11-9-20-18(14(4)13(11)3)10-25(24)19-21-16-6-5-15(7-12(2)23)8-17(16)22-19/h5-6,8-9H,7,10H2,1-4H3,(H,21,22). The van der Waals surface area contributed by atoms with Crippen molar-refractivity contribution in [1.29, 1.82) is 0 Å². The van der Waals surface area contributed by atoms with E-state index in [1.165, 1.54) is 5.56 Å². The van der Waals surface area contributed by atoms with Crippen LogP contribution in [-0.4, -0.2) is 24.9 Å². The number of nitrogens with zero attached hydrogens (tertiary/aromatic N) is 2. The number of benzene rings is 1. The minimum Gasteiger partial charge on any atom is -0.331 e. The van der Waals surface area contributed by atoms with E-state index in [2.05, 4.69) is 21.9 Å². The number of aryl methyl sites for hydroxylation is 1. The van der Waals surface area contributed by atoms with Crippen LogP contribution in [0, 0.1) is 20.8 Å². The van der Waals surface area contributed by atoms with E-state index in [4.69, 9.17) is 0 Å². The molecule has 0 spiro atoms. The number of aromatic amines is 1. The highest BCUT2D eigenvalue weighted by atomic mass is 32.2. The van der Waals surface area contributed by atoms with Crippen LogP contribution in [0.1, 0.15) is 34.9 Å². The van der Waals surface area contributed by atoms with Crippen LogP contribution in [0.5, 0.6) is 0 Å². The van der Waals surface area contributed by atoms with Crippen LogP contribution in [0.3, 0.4) is 0 Å². The molecule has 25 heavy (non-hydrogen) atoms. The maximum Gasteiger partial charge on any atom is 0.197 e. The molecule has 1 aromatic carbocycles. The van der Waals surface area contributed by atoms with Crippen LogP contribution in [0.15, 0.2) is 29.6 Å². The van der Waals surface area contributed by atoms with Crippen molar-refractivity contribution >= 4 is 27.6 Å². The molecular formula is C19H21N3O2S. The fraction of sp³-hybridized carbons (Fsp3) is 0.316. The monoisotopic (exact) mass is 355 g/mol. The number of aromatic nitrogens is 3. The Bertz CT molecular complexity index is 992. The highest BCUT2D eigenvalue weighted by molar-refractivity contribution is 7.84. The quantitative estimate of drug-likeness (QED) is 0.762. The molecule has 6 heteroatoms. The number of H-pyrrole nitrogens is 1. The lowest BCUT2D eigenvalue weighted by atomic mass is 10.1. The van der Waals surface area contributed by atoms with Crippen molar-refractivity contribution in [2.24, 2.45) is 0 Å². The summed E-state index contributed by atoms with van der Waals surface area (Å²) in [5.41, 5.74) is 6.70. The molecule has 1 unspecified atom stereocenters. The molecule has 1 atom stereocenters. The van der Waals surface area contributed by atoms with Gasteiger partial charge in [0.25, 0.3) is 0 Å². The van der Waals surface area contributed by atoms with Gasteiger partial charge in [0.1, 0.15) is 5.78 Å². The van der Waals surface area contributed by atoms with Crippen LogP contribution in [0.2, 0.25) is 0 Å². The van der Waals surface area contributed by atoms with Gasteiger partial charge in [-0.2, -0.15) is 0 Å². The molecule has 5 nitrogen and oxygen atoms in total. The third-order valence-corrected chi connectivity index (χ3v) is 5.62. The van der Waals surface area contributed by atoms with Crippen molar-refractivity contribution in [2.45, 2.75) is 45.0 Å². The van der Waals surface area contributed by atoms with E-state index in [1.54, 1.807) is 6.92 Å². The van der Waals surface area contributed by atoms with Crippen molar-refractivity contribution in [3.8, 4) is 0 Å². The van der Waals surface area contributed by atoms with Gasteiger partial charge in [-0.25, -0.2) is 4.98 Å². The molecule has 0 radical (unpaired) electrons. The Hall–Kier alpha value is -2.34. The summed E-state index contributed by atoms with van der Waals surface area (Å²) in [5.74, 6) is 0.437. The summed E-state index contributed by atoms with van der Waals surface area (Å²) in [7, 11) is -1.31. The third-order valence-electron chi connectivity index (χ3n) is 4.46. The second-order valence-electron chi connectivity index (χ2n) is 6.40. The number of rotatable bonds is 5. The van der Waals surface area contributed by atoms with E-state index in [-0.39, 0.29) is 5.78 Å². The summed E-state index contributed by atoms with van der Waals surface area (Å²) in [6.45, 7) is 7.65. The Balaban J connectivity index is 1.87.